The van der Waals surface area contributed by atoms with Gasteiger partial charge in [0.15, 0.2) is 4.27 Å². The number of rotatable bonds is 3. The molecule has 0 aromatic rings. The number of hydrogen-bond donors (Lipinski definition) is 9. The molecule has 0 bridgehead atoms. The Kier molecular flexibility index (Phi) is 17.2. The topological polar surface area (TPSA) is 118 Å². The number of phosphoric acid groups is 1. The van der Waals surface area contributed by atoms with E-state index in [4.69, 9.17) is 29.5 Å². The Morgan fingerprint density at radius 3 is 1.53 bits per heavy atom. The third kappa shape index (κ3) is 58.4. The van der Waals surface area contributed by atoms with Gasteiger partial charge in [0.2, 0.25) is 0 Å². The molecule has 0 amide bonds. The quantitative estimate of drug-likeness (QED) is 0.204. The van der Waals surface area contributed by atoms with Crippen molar-refractivity contribution in [2.24, 2.45) is 0 Å². The molecular formula is C6H19O6PS4. The van der Waals surface area contributed by atoms with Crippen molar-refractivity contribution in [3.63, 3.8) is 0 Å². The van der Waals surface area contributed by atoms with Crippen molar-refractivity contribution < 1.29 is 29.5 Å². The lowest BCUT2D eigenvalue weighted by molar-refractivity contribution is 0.231. The molecule has 0 saturated carbocycles. The van der Waals surface area contributed by atoms with Gasteiger partial charge in [-0.2, -0.15) is 25.3 Å². The van der Waals surface area contributed by atoms with E-state index in [1.807, 2.05) is 0 Å². The molecule has 1 unspecified atom stereocenters. The van der Waals surface area contributed by atoms with Crippen LogP contribution in [0.2, 0.25) is 0 Å². The highest BCUT2D eigenvalue weighted by Crippen LogP contribution is 2.25. The molecule has 0 aliphatic rings. The normalized spacial score (nSPS) is 12.8. The molecule has 0 aliphatic heterocycles. The van der Waals surface area contributed by atoms with E-state index in [1.54, 1.807) is 6.92 Å². The summed E-state index contributed by atoms with van der Waals surface area (Å²) in [5.41, 5.74) is 0. The smallest absolute Gasteiger partial charge is 0.395 e. The molecule has 108 valence electrons. The molecule has 11 heteroatoms. The van der Waals surface area contributed by atoms with Crippen LogP contribution >= 0.6 is 58.3 Å². The summed E-state index contributed by atoms with van der Waals surface area (Å²) in [6.07, 6.45) is 0.555. The molecule has 0 aromatic carbocycles. The van der Waals surface area contributed by atoms with Crippen LogP contribution < -0.4 is 0 Å². The zero-order valence-electron chi connectivity index (χ0n) is 9.08. The molecule has 0 aliphatic carbocycles. The van der Waals surface area contributed by atoms with Gasteiger partial charge in [0, 0.05) is 11.0 Å². The van der Waals surface area contributed by atoms with Crippen LogP contribution in [0.5, 0.6) is 0 Å². The maximum Gasteiger partial charge on any atom is 0.466 e. The maximum absolute atomic E-state index is 8.88. The van der Waals surface area contributed by atoms with E-state index in [0.29, 0.717) is 12.2 Å². The summed E-state index contributed by atoms with van der Waals surface area (Å²) in [5.74, 6) is 0.639. The Morgan fingerprint density at radius 1 is 1.29 bits per heavy atom. The van der Waals surface area contributed by atoms with Gasteiger partial charge in [-0.1, -0.05) is 6.92 Å². The van der Waals surface area contributed by atoms with Crippen molar-refractivity contribution in [1.82, 2.24) is 0 Å². The third-order valence-electron chi connectivity index (χ3n) is 0.896. The predicted molar refractivity (Wildman–Crippen MR) is 81.2 cm³/mol. The van der Waals surface area contributed by atoms with Crippen LogP contribution in [0.3, 0.4) is 0 Å². The lowest BCUT2D eigenvalue weighted by Crippen LogP contribution is -2.07. The number of thiol groups is 4. The maximum atomic E-state index is 8.88. The fourth-order valence-electron chi connectivity index (χ4n) is 0.0577. The molecule has 1 atom stereocenters. The lowest BCUT2D eigenvalue weighted by atomic mass is 10.5. The molecule has 5 N–H and O–H groups in total. The first-order valence-electron chi connectivity index (χ1n) is 4.22. The molecule has 0 rings (SSSR count). The molecule has 0 spiro atoms. The van der Waals surface area contributed by atoms with Crippen molar-refractivity contribution in [2.75, 3.05) is 12.4 Å². The van der Waals surface area contributed by atoms with Crippen LogP contribution in [-0.2, 0) is 4.57 Å². The highest BCUT2D eigenvalue weighted by atomic mass is 32.2. The molecule has 0 heterocycles. The second kappa shape index (κ2) is 12.5. The zero-order valence-corrected chi connectivity index (χ0v) is 13.6. The zero-order chi connectivity index (χ0) is 14.7. The first kappa shape index (κ1) is 23.5. The minimum Gasteiger partial charge on any atom is -0.395 e. The summed E-state index contributed by atoms with van der Waals surface area (Å²) in [7, 11) is -4.64. The van der Waals surface area contributed by atoms with Gasteiger partial charge in [-0.15, -0.1) is 25.3 Å². The van der Waals surface area contributed by atoms with Gasteiger partial charge in [0.1, 0.15) is 0 Å². The van der Waals surface area contributed by atoms with E-state index in [0.717, 1.165) is 0 Å². The molecular weight excluding hydrogens is 327 g/mol. The molecule has 17 heavy (non-hydrogen) atoms. The SMILES string of the molecule is CCC(O)(S)S.O=P(O)(O)O.OCC(S)CS. The van der Waals surface area contributed by atoms with Gasteiger partial charge >= 0.3 is 7.82 Å². The van der Waals surface area contributed by atoms with E-state index in [-0.39, 0.29) is 11.9 Å². The van der Waals surface area contributed by atoms with E-state index in [1.165, 1.54) is 0 Å². The van der Waals surface area contributed by atoms with Gasteiger partial charge in [-0.05, 0) is 6.42 Å². The fraction of sp³-hybridized carbons (Fsp3) is 1.00. The van der Waals surface area contributed by atoms with Gasteiger partial charge in [0.25, 0.3) is 0 Å². The number of aliphatic hydroxyl groups excluding tert-OH is 1. The summed E-state index contributed by atoms with van der Waals surface area (Å²) in [6, 6.07) is 0. The van der Waals surface area contributed by atoms with E-state index in [9.17, 15) is 0 Å². The Morgan fingerprint density at radius 2 is 1.53 bits per heavy atom. The number of aliphatic hydroxyl groups is 2. The lowest BCUT2D eigenvalue weighted by Gasteiger charge is -2.09. The largest absolute Gasteiger partial charge is 0.466 e. The van der Waals surface area contributed by atoms with Gasteiger partial charge in [-0.3, -0.25) is 0 Å². The van der Waals surface area contributed by atoms with Gasteiger partial charge in [-0.25, -0.2) is 4.57 Å². The fourth-order valence-corrected chi connectivity index (χ4v) is 0.173. The van der Waals surface area contributed by atoms with Crippen LogP contribution in [-0.4, -0.2) is 46.8 Å². The van der Waals surface area contributed by atoms with Crippen LogP contribution in [0, 0.1) is 0 Å². The van der Waals surface area contributed by atoms with Crippen molar-refractivity contribution >= 4 is 58.3 Å². The second-order valence-corrected chi connectivity index (χ2v) is 6.61. The van der Waals surface area contributed by atoms with Crippen molar-refractivity contribution in [3.05, 3.63) is 0 Å². The molecule has 0 saturated heterocycles. The Balaban J connectivity index is -0.000000174. The minimum atomic E-state index is -4.64. The summed E-state index contributed by atoms with van der Waals surface area (Å²) < 4.78 is 7.81. The van der Waals surface area contributed by atoms with Crippen LogP contribution in [0.1, 0.15) is 13.3 Å². The van der Waals surface area contributed by atoms with Gasteiger partial charge in [0.05, 0.1) is 6.61 Å². The first-order valence-corrected chi connectivity index (χ1v) is 7.83. The Labute approximate surface area is 123 Å². The minimum absolute atomic E-state index is 0.0494. The molecule has 6 nitrogen and oxygen atoms in total. The van der Waals surface area contributed by atoms with Crippen LogP contribution in [0.25, 0.3) is 0 Å². The van der Waals surface area contributed by atoms with Crippen LogP contribution in [0.4, 0.5) is 0 Å². The van der Waals surface area contributed by atoms with Crippen molar-refractivity contribution in [2.45, 2.75) is 22.9 Å². The summed E-state index contributed by atoms with van der Waals surface area (Å²) in [5, 5.41) is 16.8. The summed E-state index contributed by atoms with van der Waals surface area (Å²) in [6.45, 7) is 1.92. The predicted octanol–water partition coefficient (Wildman–Crippen LogP) is 0.180. The van der Waals surface area contributed by atoms with E-state index >= 15 is 0 Å². The first-order chi connectivity index (χ1) is 7.37. The van der Waals surface area contributed by atoms with Crippen LogP contribution in [0.15, 0.2) is 0 Å². The average molecular weight is 346 g/mol. The monoisotopic (exact) mass is 346 g/mol. The highest BCUT2D eigenvalue weighted by Gasteiger charge is 2.08. The van der Waals surface area contributed by atoms with E-state index < -0.39 is 12.1 Å². The number of hydrogen-bond acceptors (Lipinski definition) is 7. The third-order valence-corrected chi connectivity index (χ3v) is 2.60. The van der Waals surface area contributed by atoms with E-state index in [2.05, 4.69) is 50.5 Å². The highest BCUT2D eigenvalue weighted by molar-refractivity contribution is 8.00. The standard InChI is InChI=1S/2C3H8OS2.H3O4P/c4-1-3(6)2-5;1-2-3(4,5)6;1-5(2,3)4/h3-6H,1-2H2;4-6H,2H2,1H3;(H3,1,2,3,4). The van der Waals surface area contributed by atoms with Gasteiger partial charge < -0.3 is 24.9 Å². The molecule has 0 aromatic heterocycles. The Bertz CT molecular complexity index is 193. The summed E-state index contributed by atoms with van der Waals surface area (Å²) >= 11 is 15.1. The summed E-state index contributed by atoms with van der Waals surface area (Å²) in [4.78, 5) is 21.6. The van der Waals surface area contributed by atoms with Crippen molar-refractivity contribution in [3.8, 4) is 0 Å². The van der Waals surface area contributed by atoms with Crippen molar-refractivity contribution in [1.29, 1.82) is 0 Å². The molecule has 0 fully saturated rings. The Hall–Kier alpha value is 1.43. The molecule has 0 radical (unpaired) electrons. The second-order valence-electron chi connectivity index (χ2n) is 2.66. The average Bonchev–Trinajstić information content (AvgIpc) is 2.14.